The molecule has 39 heavy (non-hydrogen) atoms. The first-order valence-corrected chi connectivity index (χ1v) is 14.2. The van der Waals surface area contributed by atoms with Gasteiger partial charge in [-0.2, -0.15) is 0 Å². The zero-order valence-electron chi connectivity index (χ0n) is 22.7. The molecule has 1 saturated heterocycles. The largest absolute Gasteiger partial charge is 0.351 e. The number of carbonyl (C=O) groups is 1. The number of nitrogens with zero attached hydrogens (tertiary/aromatic N) is 3. The molecule has 8 heteroatoms. The normalized spacial score (nSPS) is 17.0. The summed E-state index contributed by atoms with van der Waals surface area (Å²) >= 11 is 9.50. The van der Waals surface area contributed by atoms with Crippen LogP contribution in [0.1, 0.15) is 54.1 Å². The van der Waals surface area contributed by atoms with Crippen molar-refractivity contribution in [1.29, 1.82) is 0 Å². The molecule has 4 aromatic rings. The lowest BCUT2D eigenvalue weighted by Crippen LogP contribution is -2.29. The molecule has 6 nitrogen and oxygen atoms in total. The quantitative estimate of drug-likeness (QED) is 0.226. The number of carbonyl (C=O) groups excluding carboxylic acids is 1. The van der Waals surface area contributed by atoms with Gasteiger partial charge in [-0.05, 0) is 105 Å². The number of aromatic nitrogens is 2. The second kappa shape index (κ2) is 10.9. The Morgan fingerprint density at radius 2 is 1.74 bits per heavy atom. The summed E-state index contributed by atoms with van der Waals surface area (Å²) < 4.78 is 3.33. The van der Waals surface area contributed by atoms with Crippen molar-refractivity contribution in [1.82, 2.24) is 14.9 Å². The average molecular weight is 603 g/mol. The third-order valence-corrected chi connectivity index (χ3v) is 8.09. The Morgan fingerprint density at radius 3 is 2.38 bits per heavy atom. The topological polar surface area (TPSA) is 62.2 Å². The third kappa shape index (κ3) is 5.23. The van der Waals surface area contributed by atoms with E-state index in [0.29, 0.717) is 5.11 Å². The molecule has 1 aliphatic rings. The smallest absolute Gasteiger partial charge is 0.226 e. The molecule has 2 N–H and O–H groups in total. The van der Waals surface area contributed by atoms with Crippen LogP contribution in [0.15, 0.2) is 77.4 Å². The van der Waals surface area contributed by atoms with Crippen molar-refractivity contribution in [2.24, 2.45) is 5.92 Å². The van der Waals surface area contributed by atoms with Gasteiger partial charge in [0.1, 0.15) is 0 Å². The monoisotopic (exact) mass is 601 g/mol. The van der Waals surface area contributed by atoms with E-state index in [2.05, 4.69) is 86.3 Å². The van der Waals surface area contributed by atoms with Gasteiger partial charge in [-0.15, -0.1) is 0 Å². The fraction of sp³-hybridized carbons (Fsp3) is 0.258. The molecule has 1 amide bonds. The Bertz CT molecular complexity index is 1530. The molecule has 0 spiro atoms. The van der Waals surface area contributed by atoms with Gasteiger partial charge < -0.3 is 20.1 Å². The van der Waals surface area contributed by atoms with Crippen LogP contribution in [-0.2, 0) is 4.79 Å². The van der Waals surface area contributed by atoms with Gasteiger partial charge >= 0.3 is 0 Å². The molecular formula is C31H32BrN5OS. The van der Waals surface area contributed by atoms with E-state index in [1.165, 1.54) is 5.56 Å². The molecule has 0 radical (unpaired) electrons. The maximum Gasteiger partial charge on any atom is 0.226 e. The van der Waals surface area contributed by atoms with E-state index in [4.69, 9.17) is 17.2 Å². The first-order valence-electron chi connectivity index (χ1n) is 13.0. The first kappa shape index (κ1) is 27.1. The predicted octanol–water partition coefficient (Wildman–Crippen LogP) is 7.33. The van der Waals surface area contributed by atoms with E-state index >= 15 is 0 Å². The van der Waals surface area contributed by atoms with Crippen molar-refractivity contribution in [3.05, 3.63) is 106 Å². The fourth-order valence-corrected chi connectivity index (χ4v) is 5.85. The zero-order valence-corrected chi connectivity index (χ0v) is 25.1. The predicted molar refractivity (Wildman–Crippen MR) is 166 cm³/mol. The molecule has 2 aromatic carbocycles. The molecule has 2 atom stereocenters. The van der Waals surface area contributed by atoms with Crippen LogP contribution in [0.3, 0.4) is 0 Å². The molecular weight excluding hydrogens is 570 g/mol. The van der Waals surface area contributed by atoms with Gasteiger partial charge in [0.05, 0.1) is 17.8 Å². The third-order valence-electron chi connectivity index (χ3n) is 7.24. The number of anilines is 2. The van der Waals surface area contributed by atoms with Gasteiger partial charge in [0.2, 0.25) is 5.91 Å². The Hall–Kier alpha value is -3.49. The lowest BCUT2D eigenvalue weighted by Gasteiger charge is -2.29. The highest BCUT2D eigenvalue weighted by atomic mass is 79.9. The number of hydrogen-bond donors (Lipinski definition) is 2. The zero-order chi connectivity index (χ0) is 27.8. The highest BCUT2D eigenvalue weighted by molar-refractivity contribution is 9.10. The highest BCUT2D eigenvalue weighted by Gasteiger charge is 2.42. The van der Waals surface area contributed by atoms with Gasteiger partial charge in [-0.25, -0.2) is 0 Å². The molecule has 200 valence electrons. The number of thiocarbonyl (C=S) groups is 1. The first-order chi connectivity index (χ1) is 18.7. The average Bonchev–Trinajstić information content (AvgIpc) is 3.41. The molecule has 0 saturated carbocycles. The number of hydrogen-bond acceptors (Lipinski definition) is 3. The van der Waals surface area contributed by atoms with E-state index in [1.54, 1.807) is 0 Å². The van der Waals surface area contributed by atoms with Gasteiger partial charge in [-0.3, -0.25) is 9.78 Å². The second-order valence-corrected chi connectivity index (χ2v) is 11.6. The molecule has 0 unspecified atom stereocenters. The minimum absolute atomic E-state index is 0.00214. The minimum Gasteiger partial charge on any atom is -0.351 e. The van der Waals surface area contributed by atoms with Crippen LogP contribution in [0.25, 0.3) is 5.69 Å². The summed E-state index contributed by atoms with van der Waals surface area (Å²) in [6, 6.07) is 22.4. The summed E-state index contributed by atoms with van der Waals surface area (Å²) in [7, 11) is 0. The van der Waals surface area contributed by atoms with Crippen molar-refractivity contribution in [2.75, 3.05) is 10.2 Å². The van der Waals surface area contributed by atoms with Crippen LogP contribution in [0.5, 0.6) is 0 Å². The van der Waals surface area contributed by atoms with Crippen LogP contribution < -0.4 is 15.5 Å². The summed E-state index contributed by atoms with van der Waals surface area (Å²) in [5, 5.41) is 7.24. The van der Waals surface area contributed by atoms with E-state index in [1.807, 2.05) is 57.3 Å². The Labute approximate surface area is 243 Å². The maximum atomic E-state index is 12.3. The number of rotatable bonds is 6. The maximum absolute atomic E-state index is 12.3. The number of nitrogens with one attached hydrogen (secondary N) is 2. The van der Waals surface area contributed by atoms with Crippen molar-refractivity contribution < 1.29 is 4.79 Å². The minimum atomic E-state index is -0.141. The Morgan fingerprint density at radius 1 is 1.03 bits per heavy atom. The lowest BCUT2D eigenvalue weighted by molar-refractivity contribution is -0.118. The van der Waals surface area contributed by atoms with Crippen molar-refractivity contribution in [3.8, 4) is 5.69 Å². The van der Waals surface area contributed by atoms with Gasteiger partial charge in [-0.1, -0.05) is 35.8 Å². The SMILES string of the molecule is Cc1cc(N2C(=S)N[C@@H](c3ccccn3)[C@@H]2c2cc(C)n(-c3ccc(Br)cc3)c2C)ccc1NC(=O)C(C)C. The fourth-order valence-electron chi connectivity index (χ4n) is 5.24. The molecule has 1 fully saturated rings. The van der Waals surface area contributed by atoms with E-state index < -0.39 is 0 Å². The number of pyridine rings is 1. The van der Waals surface area contributed by atoms with Crippen LogP contribution in [0.2, 0.25) is 0 Å². The number of halogens is 1. The van der Waals surface area contributed by atoms with Gasteiger partial charge in [0.25, 0.3) is 0 Å². The van der Waals surface area contributed by atoms with E-state index in [9.17, 15) is 4.79 Å². The van der Waals surface area contributed by atoms with Crippen molar-refractivity contribution in [3.63, 3.8) is 0 Å². The van der Waals surface area contributed by atoms with Gasteiger partial charge in [0.15, 0.2) is 5.11 Å². The lowest BCUT2D eigenvalue weighted by atomic mass is 9.96. The molecule has 1 aliphatic heterocycles. The molecule has 3 heterocycles. The van der Waals surface area contributed by atoms with Crippen LogP contribution in [0, 0.1) is 26.7 Å². The van der Waals surface area contributed by atoms with Crippen molar-refractivity contribution >= 4 is 50.5 Å². The Kier molecular flexibility index (Phi) is 7.60. The summed E-state index contributed by atoms with van der Waals surface area (Å²) in [6.45, 7) is 10.1. The van der Waals surface area contributed by atoms with E-state index in [0.717, 1.165) is 44.2 Å². The number of benzene rings is 2. The summed E-state index contributed by atoms with van der Waals surface area (Å²) in [5.41, 5.74) is 8.25. The molecule has 2 aromatic heterocycles. The molecule has 0 bridgehead atoms. The highest BCUT2D eigenvalue weighted by Crippen LogP contribution is 2.44. The Balaban J connectivity index is 1.61. The van der Waals surface area contributed by atoms with Crippen LogP contribution >= 0.6 is 28.1 Å². The number of amides is 1. The molecule has 5 rings (SSSR count). The summed E-state index contributed by atoms with van der Waals surface area (Å²) in [4.78, 5) is 19.2. The van der Waals surface area contributed by atoms with E-state index in [-0.39, 0.29) is 23.9 Å². The van der Waals surface area contributed by atoms with Gasteiger partial charge in [0, 0.05) is 45.0 Å². The summed E-state index contributed by atoms with van der Waals surface area (Å²) in [6.07, 6.45) is 1.82. The number of aryl methyl sites for hydroxylation is 2. The summed E-state index contributed by atoms with van der Waals surface area (Å²) in [5.74, 6) is -0.0957. The second-order valence-electron chi connectivity index (χ2n) is 10.3. The standard InChI is InChI=1S/C31H32BrN5OS/c1-18(2)30(38)34-26-14-13-24(16-19(26)3)37-29(28(35-31(37)39)27-8-6-7-15-33-27)25-17-20(4)36(21(25)5)23-11-9-22(32)10-12-23/h6-18,28-29H,1-5H3,(H,34,38)(H,35,39)/t28-,29-/m0/s1. The molecule has 0 aliphatic carbocycles. The van der Waals surface area contributed by atoms with Crippen LogP contribution in [-0.4, -0.2) is 20.6 Å². The van der Waals surface area contributed by atoms with Crippen molar-refractivity contribution in [2.45, 2.75) is 46.7 Å². The van der Waals surface area contributed by atoms with Crippen LogP contribution in [0.4, 0.5) is 11.4 Å².